The molecule has 0 aliphatic heterocycles. The predicted molar refractivity (Wildman–Crippen MR) is 76.5 cm³/mol. The van der Waals surface area contributed by atoms with Crippen molar-refractivity contribution < 1.29 is 19.4 Å². The van der Waals surface area contributed by atoms with Crippen LogP contribution in [0.1, 0.15) is 16.1 Å². The first-order valence-electron chi connectivity index (χ1n) is 5.94. The normalized spacial score (nSPS) is 10.0. The molecule has 2 rings (SSSR count). The van der Waals surface area contributed by atoms with Gasteiger partial charge in [0.25, 0.3) is 0 Å². The number of carboxylic acid groups (broad SMARTS) is 1. The van der Waals surface area contributed by atoms with Crippen molar-refractivity contribution in [3.8, 4) is 5.75 Å². The van der Waals surface area contributed by atoms with E-state index in [1.807, 2.05) is 18.2 Å². The van der Waals surface area contributed by atoms with Crippen LogP contribution in [0, 0.1) is 0 Å². The van der Waals surface area contributed by atoms with Gasteiger partial charge in [0.1, 0.15) is 10.6 Å². The molecule has 0 bridgehead atoms. The highest BCUT2D eigenvalue weighted by Gasteiger charge is 2.08. The number of hydrogen-bond acceptors (Lipinski definition) is 4. The molecule has 1 aromatic carbocycles. The van der Waals surface area contributed by atoms with Gasteiger partial charge in [-0.05, 0) is 12.1 Å². The standard InChI is InChI=1S/C14H13NO4S/c16-13(15-10-4-2-1-3-5-10)6-7-19-11-8-12(14(17)18)20-9-11/h1-5,8-9H,6-7H2,(H,15,16)(H,17,18). The lowest BCUT2D eigenvalue weighted by Gasteiger charge is -2.05. The van der Waals surface area contributed by atoms with Crippen molar-refractivity contribution >= 4 is 28.9 Å². The number of benzene rings is 1. The molecular formula is C14H13NO4S. The first-order chi connectivity index (χ1) is 9.65. The van der Waals surface area contributed by atoms with Crippen LogP contribution in [0.5, 0.6) is 5.75 Å². The number of carbonyl (C=O) groups is 2. The van der Waals surface area contributed by atoms with Crippen LogP contribution in [0.3, 0.4) is 0 Å². The molecule has 5 nitrogen and oxygen atoms in total. The number of anilines is 1. The van der Waals surface area contributed by atoms with Crippen molar-refractivity contribution in [2.45, 2.75) is 6.42 Å². The number of para-hydroxylation sites is 1. The molecule has 0 spiro atoms. The molecule has 0 atom stereocenters. The van der Waals surface area contributed by atoms with Crippen LogP contribution in [-0.2, 0) is 4.79 Å². The number of rotatable bonds is 6. The molecule has 0 aliphatic rings. The minimum absolute atomic E-state index is 0.148. The SMILES string of the molecule is O=C(CCOc1csc(C(=O)O)c1)Nc1ccccc1. The molecule has 0 aliphatic carbocycles. The van der Waals surface area contributed by atoms with E-state index in [-0.39, 0.29) is 23.8 Å². The van der Waals surface area contributed by atoms with Crippen LogP contribution in [0.25, 0.3) is 0 Å². The van der Waals surface area contributed by atoms with Gasteiger partial charge in [0, 0.05) is 17.1 Å². The van der Waals surface area contributed by atoms with Crippen molar-refractivity contribution in [1.29, 1.82) is 0 Å². The topological polar surface area (TPSA) is 75.6 Å². The van der Waals surface area contributed by atoms with Crippen LogP contribution in [0.15, 0.2) is 41.8 Å². The molecule has 2 aromatic rings. The van der Waals surface area contributed by atoms with E-state index in [1.54, 1.807) is 17.5 Å². The van der Waals surface area contributed by atoms with E-state index >= 15 is 0 Å². The van der Waals surface area contributed by atoms with Gasteiger partial charge in [-0.15, -0.1) is 11.3 Å². The Labute approximate surface area is 119 Å². The van der Waals surface area contributed by atoms with E-state index in [0.29, 0.717) is 5.75 Å². The molecule has 104 valence electrons. The van der Waals surface area contributed by atoms with Crippen molar-refractivity contribution in [3.05, 3.63) is 46.7 Å². The fourth-order valence-electron chi connectivity index (χ4n) is 1.51. The summed E-state index contributed by atoms with van der Waals surface area (Å²) in [5.74, 6) is -0.656. The van der Waals surface area contributed by atoms with Crippen molar-refractivity contribution in [2.24, 2.45) is 0 Å². The van der Waals surface area contributed by atoms with Crippen molar-refractivity contribution in [2.75, 3.05) is 11.9 Å². The molecule has 6 heteroatoms. The van der Waals surface area contributed by atoms with Crippen LogP contribution >= 0.6 is 11.3 Å². The fourth-order valence-corrected chi connectivity index (χ4v) is 2.18. The number of hydrogen-bond donors (Lipinski definition) is 2. The van der Waals surface area contributed by atoms with E-state index < -0.39 is 5.97 Å². The zero-order valence-electron chi connectivity index (χ0n) is 10.5. The summed E-state index contributed by atoms with van der Waals surface area (Å²) in [7, 11) is 0. The Balaban J connectivity index is 1.75. The summed E-state index contributed by atoms with van der Waals surface area (Å²) in [4.78, 5) is 22.5. The first-order valence-corrected chi connectivity index (χ1v) is 6.82. The fraction of sp³-hybridized carbons (Fsp3) is 0.143. The van der Waals surface area contributed by atoms with Gasteiger partial charge in [-0.25, -0.2) is 4.79 Å². The van der Waals surface area contributed by atoms with E-state index in [2.05, 4.69) is 5.32 Å². The zero-order valence-corrected chi connectivity index (χ0v) is 11.4. The van der Waals surface area contributed by atoms with Crippen LogP contribution < -0.4 is 10.1 Å². The summed E-state index contributed by atoms with van der Waals surface area (Å²) in [6.45, 7) is 0.203. The van der Waals surface area contributed by atoms with Gasteiger partial charge in [0.15, 0.2) is 0 Å². The number of nitrogens with one attached hydrogen (secondary N) is 1. The molecule has 2 N–H and O–H groups in total. The first kappa shape index (κ1) is 14.1. The minimum atomic E-state index is -0.980. The second-order valence-electron chi connectivity index (χ2n) is 3.96. The number of carboxylic acids is 1. The third-order valence-electron chi connectivity index (χ3n) is 2.44. The largest absolute Gasteiger partial charge is 0.492 e. The highest BCUT2D eigenvalue weighted by atomic mass is 32.1. The third-order valence-corrected chi connectivity index (χ3v) is 3.34. The second-order valence-corrected chi connectivity index (χ2v) is 4.88. The zero-order chi connectivity index (χ0) is 14.4. The minimum Gasteiger partial charge on any atom is -0.492 e. The third kappa shape index (κ3) is 4.10. The summed E-state index contributed by atoms with van der Waals surface area (Å²) < 4.78 is 5.33. The number of amides is 1. The summed E-state index contributed by atoms with van der Waals surface area (Å²) in [6.07, 6.45) is 0.202. The predicted octanol–water partition coefficient (Wildman–Crippen LogP) is 2.85. The maximum absolute atomic E-state index is 11.6. The Morgan fingerprint density at radius 1 is 1.25 bits per heavy atom. The monoisotopic (exact) mass is 291 g/mol. The maximum atomic E-state index is 11.6. The Hall–Kier alpha value is -2.34. The van der Waals surface area contributed by atoms with Gasteiger partial charge in [-0.2, -0.15) is 0 Å². The Morgan fingerprint density at radius 2 is 2.00 bits per heavy atom. The number of ether oxygens (including phenoxy) is 1. The Bertz CT molecular complexity index is 594. The molecule has 0 saturated carbocycles. The number of aromatic carboxylic acids is 1. The van der Waals surface area contributed by atoms with Crippen molar-refractivity contribution in [1.82, 2.24) is 0 Å². The van der Waals surface area contributed by atoms with Crippen molar-refractivity contribution in [3.63, 3.8) is 0 Å². The van der Waals surface area contributed by atoms with E-state index in [4.69, 9.17) is 9.84 Å². The lowest BCUT2D eigenvalue weighted by molar-refractivity contribution is -0.116. The average Bonchev–Trinajstić information content (AvgIpc) is 2.89. The van der Waals surface area contributed by atoms with Crippen LogP contribution in [0.2, 0.25) is 0 Å². The summed E-state index contributed by atoms with van der Waals surface area (Å²) >= 11 is 1.09. The van der Waals surface area contributed by atoms with Gasteiger partial charge < -0.3 is 15.2 Å². The van der Waals surface area contributed by atoms with Crippen LogP contribution in [0.4, 0.5) is 5.69 Å². The number of carbonyl (C=O) groups excluding carboxylic acids is 1. The van der Waals surface area contributed by atoms with Gasteiger partial charge in [-0.1, -0.05) is 18.2 Å². The average molecular weight is 291 g/mol. The van der Waals surface area contributed by atoms with Crippen LogP contribution in [-0.4, -0.2) is 23.6 Å². The van der Waals surface area contributed by atoms with Gasteiger partial charge in [-0.3, -0.25) is 4.79 Å². The summed E-state index contributed by atoms with van der Waals surface area (Å²) in [5, 5.41) is 13.1. The quantitative estimate of drug-likeness (QED) is 0.858. The molecule has 1 heterocycles. The summed E-state index contributed by atoms with van der Waals surface area (Å²) in [5.41, 5.74) is 0.737. The molecule has 0 radical (unpaired) electrons. The molecular weight excluding hydrogens is 278 g/mol. The van der Waals surface area contributed by atoms with Gasteiger partial charge in [0.2, 0.25) is 5.91 Å². The second kappa shape index (κ2) is 6.72. The highest BCUT2D eigenvalue weighted by molar-refractivity contribution is 7.12. The van der Waals surface area contributed by atoms with E-state index in [0.717, 1.165) is 17.0 Å². The molecule has 0 fully saturated rings. The number of thiophene rings is 1. The highest BCUT2D eigenvalue weighted by Crippen LogP contribution is 2.21. The molecule has 1 amide bonds. The summed E-state index contributed by atoms with van der Waals surface area (Å²) in [6, 6.07) is 10.6. The molecule has 20 heavy (non-hydrogen) atoms. The smallest absolute Gasteiger partial charge is 0.346 e. The Morgan fingerprint density at radius 3 is 2.65 bits per heavy atom. The molecule has 0 unspecified atom stereocenters. The van der Waals surface area contributed by atoms with E-state index in [1.165, 1.54) is 6.07 Å². The maximum Gasteiger partial charge on any atom is 0.346 e. The van der Waals surface area contributed by atoms with E-state index in [9.17, 15) is 9.59 Å². The lowest BCUT2D eigenvalue weighted by Crippen LogP contribution is -2.14. The van der Waals surface area contributed by atoms with Gasteiger partial charge in [0.05, 0.1) is 13.0 Å². The lowest BCUT2D eigenvalue weighted by atomic mass is 10.3. The Kier molecular flexibility index (Phi) is 4.73. The van der Waals surface area contributed by atoms with Gasteiger partial charge >= 0.3 is 5.97 Å². The molecule has 0 saturated heterocycles. The molecule has 1 aromatic heterocycles.